The van der Waals surface area contributed by atoms with E-state index in [9.17, 15) is 4.79 Å². The topological polar surface area (TPSA) is 37.6 Å². The second-order valence-electron chi connectivity index (χ2n) is 6.65. The fraction of sp³-hybridized carbons (Fsp3) is 0.368. The Balaban J connectivity index is 1.65. The van der Waals surface area contributed by atoms with Crippen molar-refractivity contribution in [1.29, 1.82) is 0 Å². The number of nitrogens with zero attached hydrogens (tertiary/aromatic N) is 3. The van der Waals surface area contributed by atoms with Crippen molar-refractivity contribution in [3.63, 3.8) is 0 Å². The van der Waals surface area contributed by atoms with Crippen molar-refractivity contribution in [3.8, 4) is 11.3 Å². The molecule has 0 bridgehead atoms. The lowest BCUT2D eigenvalue weighted by atomic mass is 9.99. The van der Waals surface area contributed by atoms with E-state index in [4.69, 9.17) is 4.98 Å². The number of fused-ring (bicyclic) bond motifs is 1. The molecule has 2 aromatic heterocycles. The zero-order chi connectivity index (χ0) is 16.5. The van der Waals surface area contributed by atoms with E-state index in [1.807, 2.05) is 35.7 Å². The molecule has 4 rings (SSSR count). The molecule has 1 fully saturated rings. The zero-order valence-corrected chi connectivity index (χ0v) is 14.6. The molecular weight excluding hydrogens is 318 g/mol. The summed E-state index contributed by atoms with van der Waals surface area (Å²) >= 11 is 1.53. The van der Waals surface area contributed by atoms with Crippen LogP contribution in [-0.2, 0) is 6.54 Å². The minimum absolute atomic E-state index is 0.0143. The first-order chi connectivity index (χ1) is 11.7. The summed E-state index contributed by atoms with van der Waals surface area (Å²) in [5, 5.41) is 2.02. The summed E-state index contributed by atoms with van der Waals surface area (Å²) in [6, 6.07) is 11.7. The smallest absolute Gasteiger partial charge is 0.259 e. The minimum atomic E-state index is 0.0143. The average Bonchev–Trinajstić information content (AvgIpc) is 3.02. The average molecular weight is 339 g/mol. The van der Waals surface area contributed by atoms with Gasteiger partial charge in [-0.3, -0.25) is 14.1 Å². The largest absolute Gasteiger partial charge is 0.297 e. The van der Waals surface area contributed by atoms with Gasteiger partial charge in [-0.05, 0) is 37.4 Å². The Morgan fingerprint density at radius 2 is 1.96 bits per heavy atom. The summed E-state index contributed by atoms with van der Waals surface area (Å²) in [6.45, 7) is 5.28. The highest BCUT2D eigenvalue weighted by molar-refractivity contribution is 7.15. The van der Waals surface area contributed by atoms with Crippen molar-refractivity contribution in [3.05, 3.63) is 57.8 Å². The van der Waals surface area contributed by atoms with Crippen molar-refractivity contribution in [1.82, 2.24) is 14.3 Å². The Morgan fingerprint density at radius 3 is 2.71 bits per heavy atom. The van der Waals surface area contributed by atoms with E-state index in [1.54, 1.807) is 10.5 Å². The first-order valence-corrected chi connectivity index (χ1v) is 9.36. The second kappa shape index (κ2) is 6.49. The SMILES string of the molecule is CC1CCN(Cc2cc(=O)n3c(-c4ccccc4)csc3n2)CC1. The zero-order valence-electron chi connectivity index (χ0n) is 13.8. The summed E-state index contributed by atoms with van der Waals surface area (Å²) in [6.07, 6.45) is 2.47. The molecule has 124 valence electrons. The molecule has 1 saturated heterocycles. The summed E-state index contributed by atoms with van der Waals surface area (Å²) in [7, 11) is 0. The normalized spacial score (nSPS) is 16.7. The molecule has 0 atom stereocenters. The molecule has 0 spiro atoms. The van der Waals surface area contributed by atoms with Crippen molar-refractivity contribution < 1.29 is 0 Å². The number of hydrogen-bond acceptors (Lipinski definition) is 4. The van der Waals surface area contributed by atoms with E-state index in [0.717, 1.165) is 47.5 Å². The van der Waals surface area contributed by atoms with Crippen LogP contribution in [0.15, 0.2) is 46.6 Å². The van der Waals surface area contributed by atoms with E-state index in [1.165, 1.54) is 24.2 Å². The number of aromatic nitrogens is 2. The predicted molar refractivity (Wildman–Crippen MR) is 98.5 cm³/mol. The van der Waals surface area contributed by atoms with E-state index in [0.29, 0.717) is 0 Å². The van der Waals surface area contributed by atoms with Gasteiger partial charge in [-0.25, -0.2) is 4.98 Å². The maximum absolute atomic E-state index is 12.7. The van der Waals surface area contributed by atoms with Gasteiger partial charge >= 0.3 is 0 Å². The quantitative estimate of drug-likeness (QED) is 0.731. The Labute approximate surface area is 145 Å². The van der Waals surface area contributed by atoms with Crippen LogP contribution in [0.3, 0.4) is 0 Å². The Morgan fingerprint density at radius 1 is 1.21 bits per heavy atom. The van der Waals surface area contributed by atoms with Crippen molar-refractivity contribution in [2.75, 3.05) is 13.1 Å². The van der Waals surface area contributed by atoms with E-state index in [2.05, 4.69) is 11.8 Å². The van der Waals surface area contributed by atoms with Crippen LogP contribution in [0.5, 0.6) is 0 Å². The molecule has 3 aromatic rings. The number of rotatable bonds is 3. The molecule has 1 aromatic carbocycles. The number of thiazole rings is 1. The van der Waals surface area contributed by atoms with Gasteiger partial charge in [0, 0.05) is 18.0 Å². The number of piperidine rings is 1. The van der Waals surface area contributed by atoms with E-state index >= 15 is 0 Å². The highest BCUT2D eigenvalue weighted by Crippen LogP contribution is 2.24. The minimum Gasteiger partial charge on any atom is -0.297 e. The number of benzene rings is 1. The van der Waals surface area contributed by atoms with Crippen LogP contribution in [0.2, 0.25) is 0 Å². The van der Waals surface area contributed by atoms with Gasteiger partial charge in [-0.2, -0.15) is 0 Å². The van der Waals surface area contributed by atoms with Crippen LogP contribution in [0.25, 0.3) is 16.2 Å². The van der Waals surface area contributed by atoms with Gasteiger partial charge in [0.1, 0.15) is 0 Å². The highest BCUT2D eigenvalue weighted by Gasteiger charge is 2.17. The van der Waals surface area contributed by atoms with Gasteiger partial charge in [0.05, 0.1) is 11.4 Å². The molecule has 0 saturated carbocycles. The van der Waals surface area contributed by atoms with Gasteiger partial charge in [0.25, 0.3) is 5.56 Å². The molecule has 24 heavy (non-hydrogen) atoms. The second-order valence-corrected chi connectivity index (χ2v) is 7.49. The summed E-state index contributed by atoms with van der Waals surface area (Å²) in [4.78, 5) is 20.6. The van der Waals surface area contributed by atoms with Crippen molar-refractivity contribution >= 4 is 16.3 Å². The third-order valence-corrected chi connectivity index (χ3v) is 5.62. The van der Waals surface area contributed by atoms with Crippen molar-refractivity contribution in [2.24, 2.45) is 5.92 Å². The number of hydrogen-bond donors (Lipinski definition) is 0. The molecular formula is C19H21N3OS. The fourth-order valence-corrected chi connectivity index (χ4v) is 4.23. The van der Waals surface area contributed by atoms with E-state index < -0.39 is 0 Å². The number of likely N-dealkylation sites (tertiary alicyclic amines) is 1. The Kier molecular flexibility index (Phi) is 4.21. The molecule has 0 aliphatic carbocycles. The lowest BCUT2D eigenvalue weighted by Crippen LogP contribution is -2.33. The monoisotopic (exact) mass is 339 g/mol. The van der Waals surface area contributed by atoms with Crippen LogP contribution >= 0.6 is 11.3 Å². The standard InChI is InChI=1S/C19H21N3OS/c1-14-7-9-21(10-8-14)12-16-11-18(23)22-17(13-24-19(22)20-16)15-5-3-2-4-6-15/h2-6,11,13-14H,7-10,12H2,1H3. The molecule has 4 nitrogen and oxygen atoms in total. The Hall–Kier alpha value is -1.98. The molecule has 1 aliphatic heterocycles. The highest BCUT2D eigenvalue weighted by atomic mass is 32.1. The summed E-state index contributed by atoms with van der Waals surface area (Å²) < 4.78 is 1.72. The van der Waals surface area contributed by atoms with Gasteiger partial charge in [-0.15, -0.1) is 11.3 Å². The Bertz CT molecular complexity index is 892. The summed E-state index contributed by atoms with van der Waals surface area (Å²) in [5.41, 5.74) is 2.87. The van der Waals surface area contributed by atoms with E-state index in [-0.39, 0.29) is 5.56 Å². The van der Waals surface area contributed by atoms with Crippen LogP contribution in [-0.4, -0.2) is 27.4 Å². The van der Waals surface area contributed by atoms with Crippen LogP contribution in [0, 0.1) is 5.92 Å². The summed E-state index contributed by atoms with van der Waals surface area (Å²) in [5.74, 6) is 0.813. The van der Waals surface area contributed by atoms with Crippen LogP contribution in [0.4, 0.5) is 0 Å². The molecule has 5 heteroatoms. The molecule has 3 heterocycles. The van der Waals surface area contributed by atoms with Crippen LogP contribution in [0.1, 0.15) is 25.5 Å². The molecule has 1 aliphatic rings. The van der Waals surface area contributed by atoms with Gasteiger partial charge in [0.15, 0.2) is 4.96 Å². The third-order valence-electron chi connectivity index (χ3n) is 4.79. The molecule has 0 amide bonds. The van der Waals surface area contributed by atoms with Crippen molar-refractivity contribution in [2.45, 2.75) is 26.3 Å². The molecule has 0 radical (unpaired) electrons. The molecule has 0 unspecified atom stereocenters. The lowest BCUT2D eigenvalue weighted by molar-refractivity contribution is 0.183. The fourth-order valence-electron chi connectivity index (χ4n) is 3.30. The maximum Gasteiger partial charge on any atom is 0.259 e. The first-order valence-electron chi connectivity index (χ1n) is 8.48. The van der Waals surface area contributed by atoms with Gasteiger partial charge < -0.3 is 0 Å². The first kappa shape index (κ1) is 15.5. The predicted octanol–water partition coefficient (Wildman–Crippen LogP) is 3.65. The lowest BCUT2D eigenvalue weighted by Gasteiger charge is -2.29. The van der Waals surface area contributed by atoms with Gasteiger partial charge in [0.2, 0.25) is 0 Å². The van der Waals surface area contributed by atoms with Crippen LogP contribution < -0.4 is 5.56 Å². The maximum atomic E-state index is 12.7. The van der Waals surface area contributed by atoms with Gasteiger partial charge in [-0.1, -0.05) is 37.3 Å². The molecule has 0 N–H and O–H groups in total. The third kappa shape index (κ3) is 3.01.